The highest BCUT2D eigenvalue weighted by Gasteiger charge is 2.27. The summed E-state index contributed by atoms with van der Waals surface area (Å²) >= 11 is 0. The third kappa shape index (κ3) is 47.8. The van der Waals surface area contributed by atoms with Gasteiger partial charge < -0.3 is 18.9 Å². The van der Waals surface area contributed by atoms with E-state index in [1.54, 1.807) is 0 Å². The molecule has 0 amide bonds. The van der Waals surface area contributed by atoms with Crippen LogP contribution in [0.15, 0.2) is 24.3 Å². The van der Waals surface area contributed by atoms with Crippen LogP contribution in [0.4, 0.5) is 0 Å². The first-order valence-corrected chi connectivity index (χ1v) is 27.1. The molecule has 0 aliphatic rings. The van der Waals surface area contributed by atoms with Crippen molar-refractivity contribution in [3.8, 4) is 0 Å². The Labute approximate surface area is 377 Å². The number of hydrogen-bond donors (Lipinski definition) is 1. The van der Waals surface area contributed by atoms with Gasteiger partial charge in [-0.25, -0.2) is 4.57 Å². The van der Waals surface area contributed by atoms with E-state index in [-0.39, 0.29) is 25.6 Å². The van der Waals surface area contributed by atoms with Crippen LogP contribution in [0.1, 0.15) is 239 Å². The number of quaternary nitrogens is 1. The highest BCUT2D eigenvalue weighted by molar-refractivity contribution is 7.47. The van der Waals surface area contributed by atoms with Crippen molar-refractivity contribution in [2.45, 2.75) is 245 Å². The van der Waals surface area contributed by atoms with E-state index in [4.69, 9.17) is 18.5 Å². The first-order valence-electron chi connectivity index (χ1n) is 25.6. The first kappa shape index (κ1) is 59.5. The van der Waals surface area contributed by atoms with Gasteiger partial charge >= 0.3 is 19.8 Å². The van der Waals surface area contributed by atoms with Crippen molar-refractivity contribution in [3.63, 3.8) is 0 Å². The molecule has 0 heterocycles. The van der Waals surface area contributed by atoms with Crippen LogP contribution in [-0.2, 0) is 32.7 Å². The fourth-order valence-electron chi connectivity index (χ4n) is 7.21. The maximum Gasteiger partial charge on any atom is 0.472 e. The molecule has 0 saturated heterocycles. The summed E-state index contributed by atoms with van der Waals surface area (Å²) in [5.74, 6) is -0.803. The molecule has 0 spiro atoms. The van der Waals surface area contributed by atoms with Gasteiger partial charge in [-0.15, -0.1) is 0 Å². The maximum atomic E-state index is 12.7. The zero-order valence-corrected chi connectivity index (χ0v) is 41.6. The smallest absolute Gasteiger partial charge is 0.462 e. The Balaban J connectivity index is 4.17. The minimum Gasteiger partial charge on any atom is -0.462 e. The van der Waals surface area contributed by atoms with Crippen LogP contribution in [0.25, 0.3) is 0 Å². The monoisotopic (exact) mass is 885 g/mol. The molecule has 1 N–H and O–H groups in total. The van der Waals surface area contributed by atoms with Crippen molar-refractivity contribution in [2.75, 3.05) is 47.5 Å². The van der Waals surface area contributed by atoms with Crippen molar-refractivity contribution in [1.29, 1.82) is 0 Å². The number of unbranched alkanes of at least 4 members (excludes halogenated alkanes) is 29. The number of ether oxygens (including phenoxy) is 2. The van der Waals surface area contributed by atoms with Gasteiger partial charge in [-0.3, -0.25) is 18.6 Å². The average Bonchev–Trinajstić information content (AvgIpc) is 3.21. The minimum atomic E-state index is -4.38. The van der Waals surface area contributed by atoms with E-state index < -0.39 is 26.5 Å². The Hall–Kier alpha value is -1.51. The highest BCUT2D eigenvalue weighted by atomic mass is 31.2. The summed E-state index contributed by atoms with van der Waals surface area (Å²) < 4.78 is 34.4. The van der Waals surface area contributed by atoms with Crippen molar-refractivity contribution in [1.82, 2.24) is 0 Å². The molecule has 0 aromatic rings. The molecular weight excluding hydrogens is 786 g/mol. The van der Waals surface area contributed by atoms with Gasteiger partial charge in [-0.05, 0) is 38.5 Å². The van der Waals surface area contributed by atoms with Gasteiger partial charge in [0.25, 0.3) is 0 Å². The zero-order chi connectivity index (χ0) is 45.0. The Morgan fingerprint density at radius 1 is 0.508 bits per heavy atom. The summed E-state index contributed by atoms with van der Waals surface area (Å²) in [6.07, 6.45) is 49.5. The number of carbonyl (C=O) groups excluding carboxylic acids is 2. The fourth-order valence-corrected chi connectivity index (χ4v) is 7.95. The average molecular weight is 885 g/mol. The van der Waals surface area contributed by atoms with Crippen molar-refractivity contribution >= 4 is 19.8 Å². The molecule has 9 nitrogen and oxygen atoms in total. The molecular formula is C51H99NO8P+. The number of phosphoric ester groups is 1. The number of nitrogens with zero attached hydrogens (tertiary/aromatic N) is 1. The van der Waals surface area contributed by atoms with Crippen LogP contribution in [-0.4, -0.2) is 74.9 Å². The van der Waals surface area contributed by atoms with E-state index in [1.807, 2.05) is 21.1 Å². The molecule has 61 heavy (non-hydrogen) atoms. The molecule has 0 rings (SSSR count). The van der Waals surface area contributed by atoms with E-state index in [2.05, 4.69) is 38.2 Å². The first-order chi connectivity index (χ1) is 29.5. The van der Waals surface area contributed by atoms with Gasteiger partial charge in [0.1, 0.15) is 19.8 Å². The number of rotatable bonds is 47. The predicted molar refractivity (Wildman–Crippen MR) is 257 cm³/mol. The number of likely N-dealkylation sites (N-methyl/N-ethyl adjacent to an activating group) is 1. The van der Waals surface area contributed by atoms with Gasteiger partial charge in [0, 0.05) is 12.8 Å². The summed E-state index contributed by atoms with van der Waals surface area (Å²) in [6, 6.07) is 0. The normalized spacial score (nSPS) is 13.6. The van der Waals surface area contributed by atoms with Crippen LogP contribution < -0.4 is 0 Å². The third-order valence-electron chi connectivity index (χ3n) is 11.2. The van der Waals surface area contributed by atoms with Crippen molar-refractivity contribution in [2.24, 2.45) is 0 Å². The lowest BCUT2D eigenvalue weighted by molar-refractivity contribution is -0.870. The summed E-state index contributed by atoms with van der Waals surface area (Å²) in [5.41, 5.74) is 0. The van der Waals surface area contributed by atoms with Crippen LogP contribution in [0.5, 0.6) is 0 Å². The number of allylic oxidation sites excluding steroid dienone is 4. The maximum absolute atomic E-state index is 12.7. The van der Waals surface area contributed by atoms with E-state index >= 15 is 0 Å². The van der Waals surface area contributed by atoms with E-state index in [0.717, 1.165) is 64.2 Å². The van der Waals surface area contributed by atoms with Crippen LogP contribution in [0.2, 0.25) is 0 Å². The topological polar surface area (TPSA) is 108 Å². The second-order valence-corrected chi connectivity index (χ2v) is 20.0. The number of esters is 2. The van der Waals surface area contributed by atoms with E-state index in [1.165, 1.54) is 141 Å². The molecule has 0 aromatic heterocycles. The highest BCUT2D eigenvalue weighted by Crippen LogP contribution is 2.43. The largest absolute Gasteiger partial charge is 0.472 e. The number of carbonyl (C=O) groups is 2. The Morgan fingerprint density at radius 3 is 1.34 bits per heavy atom. The molecule has 0 saturated carbocycles. The quantitative estimate of drug-likeness (QED) is 0.0212. The molecule has 360 valence electrons. The lowest BCUT2D eigenvalue weighted by Gasteiger charge is -2.24. The van der Waals surface area contributed by atoms with Crippen LogP contribution in [0.3, 0.4) is 0 Å². The molecule has 0 aliphatic carbocycles. The third-order valence-corrected chi connectivity index (χ3v) is 12.2. The second kappa shape index (κ2) is 43.7. The van der Waals surface area contributed by atoms with Gasteiger partial charge in [-0.2, -0.15) is 0 Å². The number of phosphoric acid groups is 1. The van der Waals surface area contributed by atoms with E-state index in [9.17, 15) is 19.0 Å². The SMILES string of the molecule is CCCC/C=C\C/C=C\CCCCCCCC(=O)OC(COC(=O)CCCCCCCCCCCCCCCCCCCCCCCCC)COP(=O)(O)OCC[N+](C)(C)C. The van der Waals surface area contributed by atoms with Gasteiger partial charge in [0.15, 0.2) is 6.10 Å². The van der Waals surface area contributed by atoms with Crippen LogP contribution >= 0.6 is 7.82 Å². The molecule has 10 heteroatoms. The van der Waals surface area contributed by atoms with E-state index in [0.29, 0.717) is 23.9 Å². The lowest BCUT2D eigenvalue weighted by Crippen LogP contribution is -2.37. The van der Waals surface area contributed by atoms with Gasteiger partial charge in [-0.1, -0.05) is 212 Å². The molecule has 0 bridgehead atoms. The molecule has 0 aromatic carbocycles. The summed E-state index contributed by atoms with van der Waals surface area (Å²) in [6.45, 7) is 4.40. The zero-order valence-electron chi connectivity index (χ0n) is 40.7. The molecule has 0 radical (unpaired) electrons. The Kier molecular flexibility index (Phi) is 42.6. The van der Waals surface area contributed by atoms with Gasteiger partial charge in [0.2, 0.25) is 0 Å². The summed E-state index contributed by atoms with van der Waals surface area (Å²) in [7, 11) is 1.48. The Morgan fingerprint density at radius 2 is 0.902 bits per heavy atom. The lowest BCUT2D eigenvalue weighted by atomic mass is 10.0. The van der Waals surface area contributed by atoms with Crippen molar-refractivity contribution < 1.29 is 42.1 Å². The standard InChI is InChI=1S/C51H98NO8P/c1-6-8-10-12-14-16-18-20-22-23-24-25-26-27-28-29-30-32-33-35-37-39-41-43-50(53)57-47-49(48-59-61(55,56)58-46-45-52(3,4)5)60-51(54)44-42-40-38-36-34-31-21-19-17-15-13-11-9-7-2/h13,15,19,21,49H,6-12,14,16-18,20,22-48H2,1-5H3/p+1/b15-13-,21-19-. The molecule has 0 fully saturated rings. The molecule has 2 atom stereocenters. The fraction of sp³-hybridized carbons (Fsp3) is 0.882. The number of hydrogen-bond acceptors (Lipinski definition) is 7. The van der Waals surface area contributed by atoms with Crippen LogP contribution in [0, 0.1) is 0 Å². The molecule has 0 aliphatic heterocycles. The predicted octanol–water partition coefficient (Wildman–Crippen LogP) is 15.1. The minimum absolute atomic E-state index is 0.0308. The summed E-state index contributed by atoms with van der Waals surface area (Å²) in [5, 5.41) is 0. The molecule has 2 unspecified atom stereocenters. The van der Waals surface area contributed by atoms with Gasteiger partial charge in [0.05, 0.1) is 27.7 Å². The van der Waals surface area contributed by atoms with Crippen molar-refractivity contribution in [3.05, 3.63) is 24.3 Å². The second-order valence-electron chi connectivity index (χ2n) is 18.6. The summed E-state index contributed by atoms with van der Waals surface area (Å²) in [4.78, 5) is 35.5. The Bertz CT molecular complexity index is 1090.